The van der Waals surface area contributed by atoms with Gasteiger partial charge in [-0.1, -0.05) is 18.2 Å². The van der Waals surface area contributed by atoms with Crippen LogP contribution in [0.4, 0.5) is 0 Å². The third-order valence-electron chi connectivity index (χ3n) is 0.756. The molecule has 0 aromatic heterocycles. The summed E-state index contributed by atoms with van der Waals surface area (Å²) in [6, 6.07) is 8.71. The van der Waals surface area contributed by atoms with E-state index in [-0.39, 0.29) is 6.15 Å². The largest absolute Gasteiger partial charge is 0.508 e. The maximum atomic E-state index is 8.63. The first kappa shape index (κ1) is 6.98. The second-order valence-electron chi connectivity index (χ2n) is 1.34. The van der Waals surface area contributed by atoms with E-state index in [1.165, 1.54) is 0 Å². The standard InChI is InChI=1S/C6H6O.H3N/c7-6-4-2-1-3-5-6;/h1-5,7H;1H3. The first-order valence-electron chi connectivity index (χ1n) is 2.13. The normalized spacial score (nSPS) is 7.50. The highest BCUT2D eigenvalue weighted by Crippen LogP contribution is 2.02. The molecule has 0 aliphatic rings. The number of para-hydroxylation sites is 1. The summed E-state index contributed by atoms with van der Waals surface area (Å²) < 4.78 is 0. The summed E-state index contributed by atoms with van der Waals surface area (Å²) in [7, 11) is 0. The first-order chi connectivity index (χ1) is 3.39. The highest BCUT2D eigenvalue weighted by Gasteiger charge is 1.74. The molecule has 1 rings (SSSR count). The Balaban J connectivity index is 0.000000490. The van der Waals surface area contributed by atoms with Crippen molar-refractivity contribution in [1.82, 2.24) is 6.15 Å². The molecule has 0 heterocycles. The van der Waals surface area contributed by atoms with Crippen LogP contribution in [0.3, 0.4) is 0 Å². The van der Waals surface area contributed by atoms with Gasteiger partial charge in [-0.2, -0.15) is 0 Å². The van der Waals surface area contributed by atoms with Crippen molar-refractivity contribution in [3.05, 3.63) is 30.3 Å². The molecule has 2 heteroatoms. The zero-order valence-electron chi connectivity index (χ0n) is 4.54. The van der Waals surface area contributed by atoms with Gasteiger partial charge in [0.05, 0.1) is 0 Å². The van der Waals surface area contributed by atoms with Crippen LogP contribution >= 0.6 is 0 Å². The Kier molecular flexibility index (Phi) is 2.66. The van der Waals surface area contributed by atoms with Gasteiger partial charge in [0.25, 0.3) is 0 Å². The van der Waals surface area contributed by atoms with Crippen LogP contribution in [0.2, 0.25) is 0 Å². The van der Waals surface area contributed by atoms with Crippen LogP contribution in [0.5, 0.6) is 5.75 Å². The van der Waals surface area contributed by atoms with Gasteiger partial charge in [-0.3, -0.25) is 0 Å². The Bertz CT molecular complexity index is 138. The lowest BCUT2D eigenvalue weighted by Crippen LogP contribution is -1.56. The molecule has 1 aromatic rings. The van der Waals surface area contributed by atoms with Gasteiger partial charge >= 0.3 is 0 Å². The number of benzene rings is 1. The topological polar surface area (TPSA) is 55.2 Å². The third-order valence-corrected chi connectivity index (χ3v) is 0.756. The summed E-state index contributed by atoms with van der Waals surface area (Å²) in [5.74, 6) is 0.322. The van der Waals surface area contributed by atoms with Crippen LogP contribution in [-0.4, -0.2) is 5.11 Å². The average Bonchev–Trinajstić information content (AvgIpc) is 1.69. The lowest BCUT2D eigenvalue weighted by Gasteiger charge is -1.82. The van der Waals surface area contributed by atoms with Crippen molar-refractivity contribution in [2.45, 2.75) is 0 Å². The average molecular weight is 111 g/mol. The number of phenolic OH excluding ortho intramolecular Hbond substituents is 1. The van der Waals surface area contributed by atoms with Crippen LogP contribution in [0.1, 0.15) is 0 Å². The SMILES string of the molecule is N.Oc1ccccc1. The quantitative estimate of drug-likeness (QED) is 0.533. The monoisotopic (exact) mass is 111 g/mol. The molecule has 0 spiro atoms. The third kappa shape index (κ3) is 1.62. The van der Waals surface area contributed by atoms with Crippen molar-refractivity contribution in [3.8, 4) is 5.75 Å². The van der Waals surface area contributed by atoms with Gasteiger partial charge in [-0.05, 0) is 12.1 Å². The summed E-state index contributed by atoms with van der Waals surface area (Å²) in [5, 5.41) is 8.63. The van der Waals surface area contributed by atoms with E-state index < -0.39 is 0 Å². The van der Waals surface area contributed by atoms with E-state index in [0.717, 1.165) is 0 Å². The molecule has 0 saturated heterocycles. The fraction of sp³-hybridized carbons (Fsp3) is 0. The lowest BCUT2D eigenvalue weighted by atomic mass is 10.3. The Morgan fingerprint density at radius 2 is 1.50 bits per heavy atom. The zero-order valence-corrected chi connectivity index (χ0v) is 4.54. The van der Waals surface area contributed by atoms with Gasteiger partial charge < -0.3 is 11.3 Å². The summed E-state index contributed by atoms with van der Waals surface area (Å²) in [6.07, 6.45) is 0. The van der Waals surface area contributed by atoms with Crippen LogP contribution in [0.15, 0.2) is 30.3 Å². The van der Waals surface area contributed by atoms with E-state index in [1.54, 1.807) is 24.3 Å². The molecule has 0 unspecified atom stereocenters. The van der Waals surface area contributed by atoms with Crippen molar-refractivity contribution < 1.29 is 5.11 Å². The van der Waals surface area contributed by atoms with E-state index >= 15 is 0 Å². The Morgan fingerprint density at radius 3 is 1.75 bits per heavy atom. The molecule has 4 N–H and O–H groups in total. The van der Waals surface area contributed by atoms with Crippen molar-refractivity contribution >= 4 is 0 Å². The predicted molar refractivity (Wildman–Crippen MR) is 33.1 cm³/mol. The Labute approximate surface area is 48.4 Å². The molecule has 8 heavy (non-hydrogen) atoms. The summed E-state index contributed by atoms with van der Waals surface area (Å²) in [5.41, 5.74) is 0. The van der Waals surface area contributed by atoms with E-state index in [2.05, 4.69) is 0 Å². The summed E-state index contributed by atoms with van der Waals surface area (Å²) >= 11 is 0. The lowest BCUT2D eigenvalue weighted by molar-refractivity contribution is 0.475. The maximum absolute atomic E-state index is 8.63. The van der Waals surface area contributed by atoms with E-state index in [1.807, 2.05) is 6.07 Å². The van der Waals surface area contributed by atoms with Crippen molar-refractivity contribution in [2.24, 2.45) is 0 Å². The smallest absolute Gasteiger partial charge is 0.115 e. The highest BCUT2D eigenvalue weighted by atomic mass is 16.3. The van der Waals surface area contributed by atoms with Crippen molar-refractivity contribution in [3.63, 3.8) is 0 Å². The second-order valence-corrected chi connectivity index (χ2v) is 1.34. The number of hydrogen-bond acceptors (Lipinski definition) is 2. The van der Waals surface area contributed by atoms with Gasteiger partial charge in [0, 0.05) is 0 Å². The molecule has 44 valence electrons. The minimum Gasteiger partial charge on any atom is -0.508 e. The van der Waals surface area contributed by atoms with E-state index in [9.17, 15) is 0 Å². The van der Waals surface area contributed by atoms with Crippen molar-refractivity contribution in [2.75, 3.05) is 0 Å². The number of rotatable bonds is 0. The first-order valence-corrected chi connectivity index (χ1v) is 2.13. The zero-order chi connectivity index (χ0) is 5.11. The van der Waals surface area contributed by atoms with Crippen molar-refractivity contribution in [1.29, 1.82) is 0 Å². The molecule has 1 aromatic carbocycles. The summed E-state index contributed by atoms with van der Waals surface area (Å²) in [6.45, 7) is 0. The predicted octanol–water partition coefficient (Wildman–Crippen LogP) is 1.55. The van der Waals surface area contributed by atoms with Crippen LogP contribution in [0, 0.1) is 0 Å². The van der Waals surface area contributed by atoms with Gasteiger partial charge in [0.1, 0.15) is 5.75 Å². The minimum absolute atomic E-state index is 0. The number of hydrogen-bond donors (Lipinski definition) is 2. The molecule has 0 atom stereocenters. The van der Waals surface area contributed by atoms with E-state index in [4.69, 9.17) is 5.11 Å². The van der Waals surface area contributed by atoms with Gasteiger partial charge in [0.15, 0.2) is 0 Å². The molecule has 0 fully saturated rings. The van der Waals surface area contributed by atoms with Crippen LogP contribution < -0.4 is 6.15 Å². The molecule has 0 aliphatic carbocycles. The summed E-state index contributed by atoms with van der Waals surface area (Å²) in [4.78, 5) is 0. The molecule has 0 bridgehead atoms. The minimum atomic E-state index is 0. The van der Waals surface area contributed by atoms with E-state index in [0.29, 0.717) is 5.75 Å². The number of aromatic hydroxyl groups is 1. The van der Waals surface area contributed by atoms with Crippen LogP contribution in [-0.2, 0) is 0 Å². The molecule has 2 nitrogen and oxygen atoms in total. The number of phenols is 1. The fourth-order valence-corrected chi connectivity index (χ4v) is 0.428. The van der Waals surface area contributed by atoms with Crippen LogP contribution in [0.25, 0.3) is 0 Å². The molecule has 0 amide bonds. The molecule has 0 radical (unpaired) electrons. The molecular weight excluding hydrogens is 102 g/mol. The second kappa shape index (κ2) is 3.04. The van der Waals surface area contributed by atoms with Gasteiger partial charge in [-0.15, -0.1) is 0 Å². The van der Waals surface area contributed by atoms with Gasteiger partial charge in [-0.25, -0.2) is 0 Å². The fourth-order valence-electron chi connectivity index (χ4n) is 0.428. The highest BCUT2D eigenvalue weighted by molar-refractivity contribution is 5.18. The van der Waals surface area contributed by atoms with Gasteiger partial charge in [0.2, 0.25) is 0 Å². The maximum Gasteiger partial charge on any atom is 0.115 e. The molecule has 0 aliphatic heterocycles. The molecular formula is C6H9NO. The Hall–Kier alpha value is -1.02. The molecule has 0 saturated carbocycles. The Morgan fingerprint density at radius 1 is 1.00 bits per heavy atom.